The second kappa shape index (κ2) is 7.80. The van der Waals surface area contributed by atoms with E-state index in [-0.39, 0.29) is 11.8 Å². The van der Waals surface area contributed by atoms with Gasteiger partial charge in [0.25, 0.3) is 5.91 Å². The van der Waals surface area contributed by atoms with Crippen LogP contribution in [0.1, 0.15) is 43.7 Å². The Hall–Kier alpha value is -2.18. The van der Waals surface area contributed by atoms with Crippen molar-refractivity contribution in [3.8, 4) is 0 Å². The highest BCUT2D eigenvalue weighted by Crippen LogP contribution is 2.38. The molecule has 0 bridgehead atoms. The van der Waals surface area contributed by atoms with Gasteiger partial charge in [-0.25, -0.2) is 0 Å². The zero-order chi connectivity index (χ0) is 18.6. The van der Waals surface area contributed by atoms with Gasteiger partial charge in [0.05, 0.1) is 11.3 Å². The number of benzene rings is 1. The fourth-order valence-corrected chi connectivity index (χ4v) is 3.12. The van der Waals surface area contributed by atoms with Gasteiger partial charge in [-0.2, -0.15) is 23.4 Å². The molecule has 0 N–H and O–H groups in total. The molecule has 1 aromatic carbocycles. The van der Waals surface area contributed by atoms with Gasteiger partial charge in [0.1, 0.15) is 0 Å². The average Bonchev–Trinajstić information content (AvgIpc) is 2.60. The summed E-state index contributed by atoms with van der Waals surface area (Å²) in [5.41, 5.74) is 0.817. The number of halogens is 3. The summed E-state index contributed by atoms with van der Waals surface area (Å²) in [6.45, 7) is 4.27. The largest absolute Gasteiger partial charge is 0.416 e. The standard InChI is InChI=1S/C18H22F3N3O/c1-12(13(2)23-22-3)17(25)24-10-8-14(9-11-24)15-6-4-5-7-16(15)18(19,20)21/h4-7,14H,8-11H2,1-3H3/b13-12+,23-22?. The molecule has 7 heteroatoms. The van der Waals surface area contributed by atoms with Gasteiger partial charge in [-0.15, -0.1) is 0 Å². The number of allylic oxidation sites excluding steroid dienone is 1. The van der Waals surface area contributed by atoms with Crippen LogP contribution >= 0.6 is 0 Å². The van der Waals surface area contributed by atoms with Crippen LogP contribution in [0.3, 0.4) is 0 Å². The van der Waals surface area contributed by atoms with Crippen molar-refractivity contribution in [1.29, 1.82) is 0 Å². The highest BCUT2D eigenvalue weighted by atomic mass is 19.4. The fraction of sp³-hybridized carbons (Fsp3) is 0.500. The number of piperidine rings is 1. The van der Waals surface area contributed by atoms with Gasteiger partial charge in [-0.1, -0.05) is 18.2 Å². The molecule has 0 saturated carbocycles. The summed E-state index contributed by atoms with van der Waals surface area (Å²) in [4.78, 5) is 14.1. The van der Waals surface area contributed by atoms with Crippen LogP contribution in [0, 0.1) is 0 Å². The molecule has 0 atom stereocenters. The van der Waals surface area contributed by atoms with Crippen molar-refractivity contribution in [2.24, 2.45) is 10.2 Å². The number of hydrogen-bond acceptors (Lipinski definition) is 3. The van der Waals surface area contributed by atoms with E-state index >= 15 is 0 Å². The van der Waals surface area contributed by atoms with Crippen molar-refractivity contribution in [1.82, 2.24) is 4.90 Å². The highest BCUT2D eigenvalue weighted by Gasteiger charge is 2.36. The minimum Gasteiger partial charge on any atom is -0.339 e. The normalized spacial score (nSPS) is 17.8. The smallest absolute Gasteiger partial charge is 0.339 e. The molecule has 0 unspecified atom stereocenters. The zero-order valence-electron chi connectivity index (χ0n) is 14.6. The molecule has 0 spiro atoms. The van der Waals surface area contributed by atoms with E-state index in [2.05, 4.69) is 10.2 Å². The number of amides is 1. The van der Waals surface area contributed by atoms with E-state index in [1.165, 1.54) is 13.1 Å². The summed E-state index contributed by atoms with van der Waals surface area (Å²) in [6, 6.07) is 5.71. The first-order chi connectivity index (χ1) is 11.8. The first-order valence-corrected chi connectivity index (χ1v) is 8.18. The third-order valence-electron chi connectivity index (χ3n) is 4.60. The van der Waals surface area contributed by atoms with E-state index < -0.39 is 11.7 Å². The molecule has 0 radical (unpaired) electrons. The van der Waals surface area contributed by atoms with Gasteiger partial charge < -0.3 is 4.90 Å². The van der Waals surface area contributed by atoms with Crippen molar-refractivity contribution in [2.45, 2.75) is 38.8 Å². The second-order valence-corrected chi connectivity index (χ2v) is 6.16. The summed E-state index contributed by atoms with van der Waals surface area (Å²) in [5.74, 6) is -0.324. The summed E-state index contributed by atoms with van der Waals surface area (Å²) in [6.07, 6.45) is -3.33. The maximum absolute atomic E-state index is 13.2. The lowest BCUT2D eigenvalue weighted by Gasteiger charge is -2.33. The number of nitrogens with zero attached hydrogens (tertiary/aromatic N) is 3. The molecular weight excluding hydrogens is 331 g/mol. The monoisotopic (exact) mass is 353 g/mol. The minimum absolute atomic E-state index is 0.132. The molecule has 1 fully saturated rings. The zero-order valence-corrected chi connectivity index (χ0v) is 14.6. The second-order valence-electron chi connectivity index (χ2n) is 6.16. The predicted octanol–water partition coefficient (Wildman–Crippen LogP) is 4.79. The SMILES string of the molecule is CN=N/C(C)=C(\C)C(=O)N1CCC(c2ccccc2C(F)(F)F)CC1. The van der Waals surface area contributed by atoms with Crippen LogP contribution in [0.4, 0.5) is 13.2 Å². The Balaban J connectivity index is 2.11. The Labute approximate surface area is 145 Å². The van der Waals surface area contributed by atoms with Crippen LogP contribution in [0.15, 0.2) is 45.8 Å². The van der Waals surface area contributed by atoms with Crippen LogP contribution in [0.2, 0.25) is 0 Å². The van der Waals surface area contributed by atoms with Crippen LogP contribution in [0.25, 0.3) is 0 Å². The lowest BCUT2D eigenvalue weighted by Crippen LogP contribution is -2.38. The van der Waals surface area contributed by atoms with Gasteiger partial charge in [0.15, 0.2) is 0 Å². The Kier molecular flexibility index (Phi) is 5.98. The fourth-order valence-electron chi connectivity index (χ4n) is 3.12. The number of hydrogen-bond donors (Lipinski definition) is 0. The van der Waals surface area contributed by atoms with Crippen LogP contribution in [-0.2, 0) is 11.0 Å². The first kappa shape index (κ1) is 19.1. The van der Waals surface area contributed by atoms with Crippen molar-refractivity contribution < 1.29 is 18.0 Å². The summed E-state index contributed by atoms with van der Waals surface area (Å²) < 4.78 is 39.6. The highest BCUT2D eigenvalue weighted by molar-refractivity contribution is 5.93. The molecule has 0 aliphatic carbocycles. The lowest BCUT2D eigenvalue weighted by molar-refractivity contribution is -0.138. The third-order valence-corrected chi connectivity index (χ3v) is 4.60. The number of alkyl halides is 3. The Morgan fingerprint density at radius 2 is 1.76 bits per heavy atom. The van der Waals surface area contributed by atoms with Gasteiger partial charge in [0.2, 0.25) is 0 Å². The topological polar surface area (TPSA) is 45.0 Å². The van der Waals surface area contributed by atoms with Gasteiger partial charge in [-0.05, 0) is 44.2 Å². The molecule has 25 heavy (non-hydrogen) atoms. The van der Waals surface area contributed by atoms with E-state index in [9.17, 15) is 18.0 Å². The molecule has 1 amide bonds. The quantitative estimate of drug-likeness (QED) is 0.569. The summed E-state index contributed by atoms with van der Waals surface area (Å²) >= 11 is 0. The first-order valence-electron chi connectivity index (χ1n) is 8.18. The molecule has 2 rings (SSSR count). The van der Waals surface area contributed by atoms with Gasteiger partial charge >= 0.3 is 6.18 Å². The molecule has 136 valence electrons. The number of carbonyl (C=O) groups excluding carboxylic acids is 1. The van der Waals surface area contributed by atoms with Crippen molar-refractivity contribution in [2.75, 3.05) is 20.1 Å². The molecule has 1 aromatic rings. The molecule has 1 aliphatic heterocycles. The molecule has 4 nitrogen and oxygen atoms in total. The average molecular weight is 353 g/mol. The van der Waals surface area contributed by atoms with E-state index in [4.69, 9.17) is 0 Å². The number of carbonyl (C=O) groups is 1. The summed E-state index contributed by atoms with van der Waals surface area (Å²) in [7, 11) is 1.53. The number of rotatable bonds is 3. The van der Waals surface area contributed by atoms with E-state index in [0.29, 0.717) is 42.8 Å². The minimum atomic E-state index is -4.36. The molecular formula is C18H22F3N3O. The van der Waals surface area contributed by atoms with Crippen molar-refractivity contribution >= 4 is 5.91 Å². The maximum Gasteiger partial charge on any atom is 0.416 e. The molecule has 1 saturated heterocycles. The Morgan fingerprint density at radius 1 is 1.16 bits per heavy atom. The van der Waals surface area contributed by atoms with Crippen molar-refractivity contribution in [3.63, 3.8) is 0 Å². The van der Waals surface area contributed by atoms with Crippen LogP contribution < -0.4 is 0 Å². The maximum atomic E-state index is 13.2. The summed E-state index contributed by atoms with van der Waals surface area (Å²) in [5, 5.41) is 7.53. The molecule has 1 heterocycles. The van der Waals surface area contributed by atoms with Crippen LogP contribution in [0.5, 0.6) is 0 Å². The molecule has 1 aliphatic rings. The Bertz CT molecular complexity index is 687. The predicted molar refractivity (Wildman–Crippen MR) is 89.2 cm³/mol. The van der Waals surface area contributed by atoms with Gasteiger partial charge in [0, 0.05) is 25.7 Å². The Morgan fingerprint density at radius 3 is 2.32 bits per heavy atom. The van der Waals surface area contributed by atoms with E-state index in [1.54, 1.807) is 30.9 Å². The van der Waals surface area contributed by atoms with E-state index in [1.807, 2.05) is 0 Å². The third kappa shape index (κ3) is 4.46. The van der Waals surface area contributed by atoms with E-state index in [0.717, 1.165) is 6.07 Å². The van der Waals surface area contributed by atoms with Crippen LogP contribution in [-0.4, -0.2) is 30.9 Å². The number of azo groups is 1. The lowest BCUT2D eigenvalue weighted by atomic mass is 9.86. The van der Waals surface area contributed by atoms with Crippen molar-refractivity contribution in [3.05, 3.63) is 46.7 Å². The number of likely N-dealkylation sites (tertiary alicyclic amines) is 1. The van der Waals surface area contributed by atoms with Gasteiger partial charge in [-0.3, -0.25) is 4.79 Å². The molecule has 0 aromatic heterocycles.